The van der Waals surface area contributed by atoms with Gasteiger partial charge in [0.05, 0.1) is 19.2 Å². The molecule has 2 aliphatic rings. The number of nitrogens with one attached hydrogen (secondary N) is 3. The highest BCUT2D eigenvalue weighted by molar-refractivity contribution is 5.94. The van der Waals surface area contributed by atoms with Crippen LogP contribution in [0.25, 0.3) is 0 Å². The van der Waals surface area contributed by atoms with Crippen LogP contribution in [0.2, 0.25) is 0 Å². The van der Waals surface area contributed by atoms with Crippen molar-refractivity contribution in [1.82, 2.24) is 15.3 Å². The number of alkyl carbamates (subject to hydrolysis) is 1. The number of esters is 1. The second-order valence-corrected chi connectivity index (χ2v) is 10.6. The quantitative estimate of drug-likeness (QED) is 0.287. The molecule has 1 saturated heterocycles. The number of benzene rings is 2. The fraction of sp³-hybridized carbons (Fsp3) is 0.387. The zero-order chi connectivity index (χ0) is 30.2. The molecule has 0 spiro atoms. The van der Waals surface area contributed by atoms with E-state index in [-0.39, 0.29) is 43.2 Å². The molecule has 3 N–H and O–H groups in total. The fourth-order valence-corrected chi connectivity index (χ4v) is 5.40. The summed E-state index contributed by atoms with van der Waals surface area (Å²) >= 11 is 0. The Morgan fingerprint density at radius 3 is 2.67 bits per heavy atom. The fourth-order valence-electron chi connectivity index (χ4n) is 5.40. The van der Waals surface area contributed by atoms with Crippen LogP contribution in [-0.4, -0.2) is 53.7 Å². The molecule has 226 valence electrons. The van der Waals surface area contributed by atoms with Gasteiger partial charge in [-0.25, -0.2) is 14.2 Å². The van der Waals surface area contributed by atoms with Crippen LogP contribution in [0, 0.1) is 11.7 Å². The van der Waals surface area contributed by atoms with Crippen LogP contribution in [0.15, 0.2) is 54.7 Å². The number of carbonyl (C=O) groups is 3. The van der Waals surface area contributed by atoms with Crippen molar-refractivity contribution in [1.29, 1.82) is 0 Å². The number of fused-ring (bicyclic) bond motifs is 1. The molecule has 5 rings (SSSR count). The lowest BCUT2D eigenvalue weighted by Crippen LogP contribution is -2.47. The standard InChI is InChI=1S/C31H35FN6O5/c1-2-42-28(40)17-26(36-31(41)43-19-20-6-4-3-5-7-20)21-12-14-38(15-13-21)29-24(32)18-33-30(37-29)34-23-9-10-25-22(16-23)8-11-27(39)35-25/h3-7,9-10,16,18,21,26H,2,8,11-15,17,19H2,1H3,(H,35,39)(H,36,41)(H,33,34,37). The molecule has 11 nitrogen and oxygen atoms in total. The van der Waals surface area contributed by atoms with Crippen molar-refractivity contribution in [3.8, 4) is 0 Å². The highest BCUT2D eigenvalue weighted by Crippen LogP contribution is 2.30. The predicted octanol–water partition coefficient (Wildman–Crippen LogP) is 4.71. The van der Waals surface area contributed by atoms with E-state index < -0.39 is 23.9 Å². The maximum atomic E-state index is 14.9. The van der Waals surface area contributed by atoms with Crippen molar-refractivity contribution < 1.29 is 28.2 Å². The third-order valence-corrected chi connectivity index (χ3v) is 7.60. The third kappa shape index (κ3) is 7.97. The van der Waals surface area contributed by atoms with Crippen molar-refractivity contribution in [2.45, 2.75) is 51.7 Å². The van der Waals surface area contributed by atoms with Crippen LogP contribution in [0.5, 0.6) is 0 Å². The molecule has 1 fully saturated rings. The molecule has 1 aromatic heterocycles. The van der Waals surface area contributed by atoms with Gasteiger partial charge in [0.15, 0.2) is 11.6 Å². The lowest BCUT2D eigenvalue weighted by Gasteiger charge is -2.36. The summed E-state index contributed by atoms with van der Waals surface area (Å²) in [5, 5.41) is 8.85. The van der Waals surface area contributed by atoms with E-state index in [0.29, 0.717) is 38.8 Å². The summed E-state index contributed by atoms with van der Waals surface area (Å²) < 4.78 is 25.4. The largest absolute Gasteiger partial charge is 0.466 e. The number of ether oxygens (including phenoxy) is 2. The number of hydrogen-bond donors (Lipinski definition) is 3. The molecule has 0 aliphatic carbocycles. The average Bonchev–Trinajstić information content (AvgIpc) is 3.01. The van der Waals surface area contributed by atoms with Gasteiger partial charge in [-0.1, -0.05) is 30.3 Å². The summed E-state index contributed by atoms with van der Waals surface area (Å²) in [4.78, 5) is 47.0. The molecular weight excluding hydrogens is 555 g/mol. The molecule has 0 saturated carbocycles. The second-order valence-electron chi connectivity index (χ2n) is 10.6. The molecule has 1 atom stereocenters. The van der Waals surface area contributed by atoms with E-state index in [4.69, 9.17) is 9.47 Å². The monoisotopic (exact) mass is 590 g/mol. The normalized spacial score (nSPS) is 15.6. The first kappa shape index (κ1) is 29.7. The molecule has 0 radical (unpaired) electrons. The zero-order valence-electron chi connectivity index (χ0n) is 24.0. The first-order valence-electron chi connectivity index (χ1n) is 14.5. The van der Waals surface area contributed by atoms with Gasteiger partial charge in [0.25, 0.3) is 0 Å². The Morgan fingerprint density at radius 2 is 1.91 bits per heavy atom. The van der Waals surface area contributed by atoms with Crippen molar-refractivity contribution in [3.63, 3.8) is 0 Å². The van der Waals surface area contributed by atoms with Crippen molar-refractivity contribution >= 4 is 41.1 Å². The van der Waals surface area contributed by atoms with Gasteiger partial charge in [0.1, 0.15) is 6.61 Å². The predicted molar refractivity (Wildman–Crippen MR) is 158 cm³/mol. The maximum absolute atomic E-state index is 14.9. The number of aromatic nitrogens is 2. The van der Waals surface area contributed by atoms with Crippen LogP contribution in [0.4, 0.5) is 32.3 Å². The molecule has 2 amide bonds. The summed E-state index contributed by atoms with van der Waals surface area (Å²) in [6.45, 7) is 3.03. The number of piperidine rings is 1. The van der Waals surface area contributed by atoms with Crippen molar-refractivity contribution in [3.05, 3.63) is 71.7 Å². The van der Waals surface area contributed by atoms with Gasteiger partial charge in [-0.2, -0.15) is 4.98 Å². The molecule has 2 aliphatic heterocycles. The van der Waals surface area contributed by atoms with E-state index in [2.05, 4.69) is 25.9 Å². The van der Waals surface area contributed by atoms with Crippen molar-refractivity contribution in [2.24, 2.45) is 5.92 Å². The Balaban J connectivity index is 1.21. The molecule has 3 aromatic rings. The van der Waals surface area contributed by atoms with Gasteiger partial charge in [0, 0.05) is 36.9 Å². The SMILES string of the molecule is CCOC(=O)CC(NC(=O)OCc1ccccc1)C1CCN(c2nc(Nc3ccc4c(c3)CCC(=O)N4)ncc2F)CC1. The number of aryl methyl sites for hydroxylation is 1. The van der Waals surface area contributed by atoms with Crippen LogP contribution in [0.3, 0.4) is 0 Å². The minimum Gasteiger partial charge on any atom is -0.466 e. The van der Waals surface area contributed by atoms with Gasteiger partial charge in [0.2, 0.25) is 11.9 Å². The van der Waals surface area contributed by atoms with Gasteiger partial charge in [-0.3, -0.25) is 9.59 Å². The average molecular weight is 591 g/mol. The maximum Gasteiger partial charge on any atom is 0.407 e. The number of anilines is 4. The molecular formula is C31H35FN6O5. The molecule has 43 heavy (non-hydrogen) atoms. The summed E-state index contributed by atoms with van der Waals surface area (Å²) in [6, 6.07) is 14.4. The van der Waals surface area contributed by atoms with Crippen LogP contribution >= 0.6 is 0 Å². The van der Waals surface area contributed by atoms with Crippen molar-refractivity contribution in [2.75, 3.05) is 35.2 Å². The van der Waals surface area contributed by atoms with Gasteiger partial charge < -0.3 is 30.3 Å². The molecule has 12 heteroatoms. The highest BCUT2D eigenvalue weighted by atomic mass is 19.1. The molecule has 0 bridgehead atoms. The summed E-state index contributed by atoms with van der Waals surface area (Å²) in [5.74, 6) is -0.569. The molecule has 1 unspecified atom stereocenters. The minimum absolute atomic E-state index is 0.00512. The Bertz CT molecular complexity index is 1450. The lowest BCUT2D eigenvalue weighted by atomic mass is 9.87. The van der Waals surface area contributed by atoms with E-state index in [1.807, 2.05) is 53.4 Å². The molecule has 2 aromatic carbocycles. The number of nitrogens with zero attached hydrogens (tertiary/aromatic N) is 3. The summed E-state index contributed by atoms with van der Waals surface area (Å²) in [7, 11) is 0. The Morgan fingerprint density at radius 1 is 1.12 bits per heavy atom. The summed E-state index contributed by atoms with van der Waals surface area (Å²) in [5.41, 5.74) is 3.38. The highest BCUT2D eigenvalue weighted by Gasteiger charge is 2.31. The Hall–Kier alpha value is -4.74. The number of halogens is 1. The minimum atomic E-state index is -0.609. The van der Waals surface area contributed by atoms with E-state index in [1.54, 1.807) is 6.92 Å². The molecule has 3 heterocycles. The van der Waals surface area contributed by atoms with E-state index in [9.17, 15) is 18.8 Å². The summed E-state index contributed by atoms with van der Waals surface area (Å²) in [6.07, 6.45) is 2.79. The van der Waals surface area contributed by atoms with E-state index >= 15 is 0 Å². The smallest absolute Gasteiger partial charge is 0.407 e. The number of carbonyl (C=O) groups excluding carboxylic acids is 3. The zero-order valence-corrected chi connectivity index (χ0v) is 24.0. The topological polar surface area (TPSA) is 135 Å². The number of amides is 2. The van der Waals surface area contributed by atoms with Crippen LogP contribution < -0.4 is 20.9 Å². The second kappa shape index (κ2) is 14.0. The van der Waals surface area contributed by atoms with Crippen LogP contribution in [0.1, 0.15) is 43.7 Å². The van der Waals surface area contributed by atoms with E-state index in [1.165, 1.54) is 0 Å². The van der Waals surface area contributed by atoms with Gasteiger partial charge >= 0.3 is 12.1 Å². The van der Waals surface area contributed by atoms with E-state index in [0.717, 1.165) is 28.7 Å². The number of hydrogen-bond acceptors (Lipinski definition) is 9. The lowest BCUT2D eigenvalue weighted by molar-refractivity contribution is -0.144. The Kier molecular flexibility index (Phi) is 9.65. The first-order valence-corrected chi connectivity index (χ1v) is 14.5. The third-order valence-electron chi connectivity index (χ3n) is 7.60. The Labute approximate surface area is 249 Å². The van der Waals surface area contributed by atoms with Gasteiger partial charge in [-0.15, -0.1) is 0 Å². The van der Waals surface area contributed by atoms with Gasteiger partial charge in [-0.05, 0) is 61.4 Å². The number of rotatable bonds is 10. The first-order chi connectivity index (χ1) is 20.9. The van der Waals surface area contributed by atoms with Crippen LogP contribution in [-0.2, 0) is 32.1 Å².